The second kappa shape index (κ2) is 5.91. The summed E-state index contributed by atoms with van der Waals surface area (Å²) in [6.45, 7) is 8.10. The van der Waals surface area contributed by atoms with Crippen LogP contribution in [-0.2, 0) is 14.3 Å². The Morgan fingerprint density at radius 3 is 2.05 bits per heavy atom. The number of rotatable bonds is 3. The molecule has 3 N–H and O–H groups in total. The van der Waals surface area contributed by atoms with Gasteiger partial charge in [0.1, 0.15) is 5.60 Å². The number of nitrogens with zero attached hydrogens (tertiary/aromatic N) is 1. The zero-order valence-corrected chi connectivity index (χ0v) is 13.2. The molecule has 1 aliphatic rings. The van der Waals surface area contributed by atoms with Gasteiger partial charge in [0.05, 0.1) is 0 Å². The fraction of sp³-hybridized carbons (Fsp3) is 0.692. The van der Waals surface area contributed by atoms with Gasteiger partial charge >= 0.3 is 12.1 Å². The number of carbonyl (C=O) groups is 4. The lowest BCUT2D eigenvalue weighted by Crippen LogP contribution is -2.74. The predicted octanol–water partition coefficient (Wildman–Crippen LogP) is 0.764. The van der Waals surface area contributed by atoms with Gasteiger partial charge in [-0.2, -0.15) is 5.06 Å². The lowest BCUT2D eigenvalue weighted by molar-refractivity contribution is -0.185. The number of barbiturate groups is 1. The average Bonchev–Trinajstić information content (AvgIpc) is 2.30. The Labute approximate surface area is 127 Å². The highest BCUT2D eigenvalue weighted by Gasteiger charge is 2.58. The van der Waals surface area contributed by atoms with Crippen molar-refractivity contribution in [2.24, 2.45) is 5.92 Å². The molecule has 0 aromatic heterocycles. The largest absolute Gasteiger partial charge is 0.442 e. The lowest BCUT2D eigenvalue weighted by Gasteiger charge is -2.39. The number of ether oxygens (including phenoxy) is 1. The van der Waals surface area contributed by atoms with Crippen LogP contribution in [0.5, 0.6) is 0 Å². The quantitative estimate of drug-likeness (QED) is 0.401. The maximum absolute atomic E-state index is 12.2. The fourth-order valence-electron chi connectivity index (χ4n) is 2.06. The number of urea groups is 1. The minimum Gasteiger partial charge on any atom is -0.442 e. The number of hydrogen-bond donors (Lipinski definition) is 3. The Morgan fingerprint density at radius 1 is 1.23 bits per heavy atom. The van der Waals surface area contributed by atoms with Crippen LogP contribution >= 0.6 is 0 Å². The van der Waals surface area contributed by atoms with Crippen LogP contribution in [0, 0.1) is 5.92 Å². The van der Waals surface area contributed by atoms with Crippen LogP contribution in [0.4, 0.5) is 9.59 Å². The molecule has 124 valence electrons. The van der Waals surface area contributed by atoms with E-state index < -0.39 is 35.1 Å². The molecule has 9 nitrogen and oxygen atoms in total. The number of amides is 5. The van der Waals surface area contributed by atoms with E-state index in [1.807, 2.05) is 10.6 Å². The molecule has 0 bridgehead atoms. The van der Waals surface area contributed by atoms with Gasteiger partial charge in [0, 0.05) is 0 Å². The molecule has 1 heterocycles. The molecule has 1 rings (SSSR count). The molecule has 1 fully saturated rings. The smallest absolute Gasteiger partial charge is 0.435 e. The van der Waals surface area contributed by atoms with E-state index in [-0.39, 0.29) is 17.4 Å². The van der Waals surface area contributed by atoms with E-state index in [1.54, 1.807) is 34.6 Å². The third-order valence-corrected chi connectivity index (χ3v) is 2.84. The molecule has 0 radical (unpaired) electrons. The topological polar surface area (TPSA) is 125 Å². The maximum atomic E-state index is 12.2. The van der Waals surface area contributed by atoms with Gasteiger partial charge in [-0.25, -0.2) is 9.59 Å². The van der Waals surface area contributed by atoms with Crippen molar-refractivity contribution in [1.82, 2.24) is 15.7 Å². The molecular formula is C13H21N3O6. The number of imide groups is 2. The Morgan fingerprint density at radius 2 is 1.68 bits per heavy atom. The zero-order chi connectivity index (χ0) is 17.3. The second-order valence-electron chi connectivity index (χ2n) is 6.49. The van der Waals surface area contributed by atoms with E-state index in [4.69, 9.17) is 4.74 Å². The third kappa shape index (κ3) is 3.53. The summed E-state index contributed by atoms with van der Waals surface area (Å²) in [5, 5.41) is 13.9. The van der Waals surface area contributed by atoms with Crippen molar-refractivity contribution in [2.75, 3.05) is 0 Å². The van der Waals surface area contributed by atoms with Gasteiger partial charge in [-0.05, 0) is 33.1 Å². The second-order valence-corrected chi connectivity index (χ2v) is 6.49. The molecule has 0 spiro atoms. The summed E-state index contributed by atoms with van der Waals surface area (Å²) in [5.74, 6) is -2.39. The van der Waals surface area contributed by atoms with E-state index in [0.29, 0.717) is 0 Å². The fourth-order valence-corrected chi connectivity index (χ4v) is 2.06. The van der Waals surface area contributed by atoms with Crippen LogP contribution < -0.4 is 10.6 Å². The van der Waals surface area contributed by atoms with Gasteiger partial charge in [-0.1, -0.05) is 13.8 Å². The molecule has 1 aliphatic heterocycles. The van der Waals surface area contributed by atoms with Crippen molar-refractivity contribution in [3.8, 4) is 0 Å². The number of carbonyl (C=O) groups excluding carboxylic acids is 4. The predicted molar refractivity (Wildman–Crippen MR) is 73.7 cm³/mol. The Balaban J connectivity index is 3.22. The molecule has 22 heavy (non-hydrogen) atoms. The van der Waals surface area contributed by atoms with Crippen molar-refractivity contribution in [3.63, 3.8) is 0 Å². The van der Waals surface area contributed by atoms with Crippen molar-refractivity contribution in [3.05, 3.63) is 0 Å². The van der Waals surface area contributed by atoms with Gasteiger partial charge in [-0.15, -0.1) is 0 Å². The minimum atomic E-state index is -2.26. The molecule has 0 atom stereocenters. The van der Waals surface area contributed by atoms with Crippen molar-refractivity contribution >= 4 is 23.9 Å². The van der Waals surface area contributed by atoms with Crippen molar-refractivity contribution in [2.45, 2.75) is 52.2 Å². The summed E-state index contributed by atoms with van der Waals surface area (Å²) < 4.78 is 4.97. The molecule has 0 aromatic carbocycles. The number of nitrogens with one attached hydrogen (secondary N) is 2. The summed E-state index contributed by atoms with van der Waals surface area (Å²) in [6, 6.07) is -1.01. The Hall–Kier alpha value is -2.16. The van der Waals surface area contributed by atoms with Crippen molar-refractivity contribution in [1.29, 1.82) is 0 Å². The highest BCUT2D eigenvalue weighted by atomic mass is 16.6. The van der Waals surface area contributed by atoms with Crippen LogP contribution in [0.15, 0.2) is 0 Å². The van der Waals surface area contributed by atoms with E-state index in [2.05, 4.69) is 0 Å². The molecule has 0 aliphatic carbocycles. The zero-order valence-electron chi connectivity index (χ0n) is 13.2. The van der Waals surface area contributed by atoms with E-state index in [1.165, 1.54) is 0 Å². The van der Waals surface area contributed by atoms with Crippen LogP contribution in [0.3, 0.4) is 0 Å². The minimum absolute atomic E-state index is 0.0463. The van der Waals surface area contributed by atoms with Crippen LogP contribution in [0.25, 0.3) is 0 Å². The molecule has 0 aromatic rings. The first kappa shape index (κ1) is 17.9. The lowest BCUT2D eigenvalue weighted by atomic mass is 9.85. The third-order valence-electron chi connectivity index (χ3n) is 2.84. The summed E-state index contributed by atoms with van der Waals surface area (Å²) >= 11 is 0. The molecule has 0 unspecified atom stereocenters. The highest BCUT2D eigenvalue weighted by molar-refractivity contribution is 6.23. The normalized spacial score (nSPS) is 17.9. The van der Waals surface area contributed by atoms with Crippen LogP contribution in [-0.4, -0.2) is 45.3 Å². The van der Waals surface area contributed by atoms with Crippen molar-refractivity contribution < 1.29 is 29.1 Å². The first-order valence-electron chi connectivity index (χ1n) is 6.79. The first-order valence-corrected chi connectivity index (χ1v) is 6.79. The molecular weight excluding hydrogens is 294 g/mol. The maximum Gasteiger partial charge on any atom is 0.435 e. The summed E-state index contributed by atoms with van der Waals surface area (Å²) in [4.78, 5) is 47.6. The molecule has 5 amide bonds. The van der Waals surface area contributed by atoms with Gasteiger partial charge in [-0.3, -0.25) is 25.4 Å². The number of hydrogen-bond acceptors (Lipinski definition) is 6. The molecule has 0 saturated carbocycles. The Kier molecular flexibility index (Phi) is 4.81. The number of hydroxylamine groups is 2. The molecule has 9 heteroatoms. The van der Waals surface area contributed by atoms with Crippen LogP contribution in [0.1, 0.15) is 41.0 Å². The van der Waals surface area contributed by atoms with E-state index in [9.17, 15) is 24.4 Å². The van der Waals surface area contributed by atoms with Gasteiger partial charge < -0.3 is 4.74 Å². The monoisotopic (exact) mass is 315 g/mol. The van der Waals surface area contributed by atoms with Gasteiger partial charge in [0.15, 0.2) is 0 Å². The SMILES string of the molecule is CC(C)CC1(N(O)C(=O)OC(C)(C)C)C(=O)NC(=O)NC1=O. The van der Waals surface area contributed by atoms with E-state index in [0.717, 1.165) is 0 Å². The van der Waals surface area contributed by atoms with E-state index >= 15 is 0 Å². The summed E-state index contributed by atoms with van der Waals surface area (Å²) in [7, 11) is 0. The first-order chi connectivity index (χ1) is 9.90. The Bertz CT molecular complexity index is 488. The average molecular weight is 315 g/mol. The van der Waals surface area contributed by atoms with Gasteiger partial charge in [0.2, 0.25) is 5.54 Å². The standard InChI is InChI=1S/C13H21N3O6/c1-7(2)6-13(8(17)14-10(19)15-9(13)18)16(21)11(20)22-12(3,4)5/h7,21H,6H2,1-5H3,(H2,14,15,17,18,19). The summed E-state index contributed by atoms with van der Waals surface area (Å²) in [5.41, 5.74) is -3.20. The summed E-state index contributed by atoms with van der Waals surface area (Å²) in [6.07, 6.45) is -1.44. The molecule has 1 saturated heterocycles. The van der Waals surface area contributed by atoms with Gasteiger partial charge in [0.25, 0.3) is 11.8 Å². The van der Waals surface area contributed by atoms with Crippen LogP contribution in [0.2, 0.25) is 0 Å². The highest BCUT2D eigenvalue weighted by Crippen LogP contribution is 2.27.